The Bertz CT molecular complexity index is 310. The van der Waals surface area contributed by atoms with Crippen molar-refractivity contribution in [1.29, 1.82) is 0 Å². The Morgan fingerprint density at radius 3 is 2.53 bits per heavy atom. The minimum absolute atomic E-state index is 0.129. The Morgan fingerprint density at radius 1 is 1.26 bits per heavy atom. The van der Waals surface area contributed by atoms with E-state index in [0.29, 0.717) is 18.9 Å². The van der Waals surface area contributed by atoms with E-state index in [0.717, 1.165) is 32.2 Å². The van der Waals surface area contributed by atoms with Crippen molar-refractivity contribution in [3.8, 4) is 0 Å². The molecule has 3 nitrogen and oxygen atoms in total. The van der Waals surface area contributed by atoms with Crippen LogP contribution in [0, 0.1) is 5.92 Å². The highest BCUT2D eigenvalue weighted by Gasteiger charge is 2.32. The number of rotatable bonds is 6. The fourth-order valence-electron chi connectivity index (χ4n) is 2.46. The molecule has 1 amide bonds. The molecule has 0 aromatic carbocycles. The molecule has 6 heteroatoms. The van der Waals surface area contributed by atoms with Crippen molar-refractivity contribution in [2.45, 2.75) is 50.7 Å². The molecule has 0 spiro atoms. The molecule has 0 bridgehead atoms. The maximum absolute atomic E-state index is 12.3. The van der Waals surface area contributed by atoms with Gasteiger partial charge in [-0.15, -0.1) is 0 Å². The van der Waals surface area contributed by atoms with Gasteiger partial charge in [-0.1, -0.05) is 0 Å². The summed E-state index contributed by atoms with van der Waals surface area (Å²) in [6, 6.07) is 0.153. The third-order valence-corrected chi connectivity index (χ3v) is 3.78. The zero-order chi connectivity index (χ0) is 13.9. The molecule has 0 aromatic rings. The van der Waals surface area contributed by atoms with Gasteiger partial charge in [-0.2, -0.15) is 13.2 Å². The Morgan fingerprint density at radius 2 is 2.00 bits per heavy atom. The minimum Gasteiger partial charge on any atom is -0.342 e. The summed E-state index contributed by atoms with van der Waals surface area (Å²) in [6.45, 7) is 1.22. The van der Waals surface area contributed by atoms with E-state index in [2.05, 4.69) is 5.32 Å². The molecule has 2 aliphatic rings. The predicted molar refractivity (Wildman–Crippen MR) is 65.6 cm³/mol. The van der Waals surface area contributed by atoms with Crippen LogP contribution in [0.5, 0.6) is 0 Å². The molecule has 1 aliphatic carbocycles. The van der Waals surface area contributed by atoms with Gasteiger partial charge in [-0.3, -0.25) is 4.79 Å². The fraction of sp³-hybridized carbons (Fsp3) is 0.923. The van der Waals surface area contributed by atoms with Crippen LogP contribution in [0.3, 0.4) is 0 Å². The van der Waals surface area contributed by atoms with Gasteiger partial charge >= 0.3 is 6.18 Å². The summed E-state index contributed by atoms with van der Waals surface area (Å²) in [4.78, 5) is 13.5. The zero-order valence-corrected chi connectivity index (χ0v) is 11.0. The number of nitrogens with zero attached hydrogens (tertiary/aromatic N) is 1. The van der Waals surface area contributed by atoms with Crippen molar-refractivity contribution in [2.75, 3.05) is 19.6 Å². The highest BCUT2D eigenvalue weighted by atomic mass is 19.4. The van der Waals surface area contributed by atoms with Crippen molar-refractivity contribution in [3.05, 3.63) is 0 Å². The summed E-state index contributed by atoms with van der Waals surface area (Å²) in [5.74, 6) is 0.296. The number of halogens is 3. The summed E-state index contributed by atoms with van der Waals surface area (Å²) in [5.41, 5.74) is 0. The number of amides is 1. The van der Waals surface area contributed by atoms with Crippen LogP contribution in [-0.4, -0.2) is 42.7 Å². The van der Waals surface area contributed by atoms with Gasteiger partial charge in [0.05, 0.1) is 6.42 Å². The number of alkyl halides is 3. The van der Waals surface area contributed by atoms with E-state index in [4.69, 9.17) is 0 Å². The van der Waals surface area contributed by atoms with Crippen molar-refractivity contribution in [1.82, 2.24) is 10.2 Å². The Balaban J connectivity index is 1.81. The van der Waals surface area contributed by atoms with E-state index >= 15 is 0 Å². The first-order valence-electron chi connectivity index (χ1n) is 7.02. The van der Waals surface area contributed by atoms with Crippen molar-refractivity contribution < 1.29 is 18.0 Å². The first-order valence-corrected chi connectivity index (χ1v) is 7.02. The molecule has 2 rings (SSSR count). The fourth-order valence-corrected chi connectivity index (χ4v) is 2.46. The molecule has 110 valence electrons. The maximum Gasteiger partial charge on any atom is 0.390 e. The smallest absolute Gasteiger partial charge is 0.342 e. The number of hydrogen-bond donors (Lipinski definition) is 1. The maximum atomic E-state index is 12.3. The van der Waals surface area contributed by atoms with Gasteiger partial charge in [0, 0.05) is 25.6 Å². The van der Waals surface area contributed by atoms with Gasteiger partial charge < -0.3 is 10.2 Å². The van der Waals surface area contributed by atoms with Crippen LogP contribution in [0.1, 0.15) is 38.5 Å². The van der Waals surface area contributed by atoms with E-state index in [9.17, 15) is 18.0 Å². The minimum atomic E-state index is -4.19. The molecule has 1 atom stereocenters. The highest BCUT2D eigenvalue weighted by molar-refractivity contribution is 5.77. The zero-order valence-electron chi connectivity index (χ0n) is 11.0. The Kier molecular flexibility index (Phi) is 4.71. The van der Waals surface area contributed by atoms with E-state index in [1.54, 1.807) is 0 Å². The van der Waals surface area contributed by atoms with Crippen LogP contribution in [0.2, 0.25) is 0 Å². The van der Waals surface area contributed by atoms with Gasteiger partial charge in [-0.05, 0) is 38.1 Å². The average Bonchev–Trinajstić information content (AvgIpc) is 2.99. The lowest BCUT2D eigenvalue weighted by atomic mass is 10.1. The topological polar surface area (TPSA) is 32.3 Å². The monoisotopic (exact) mass is 278 g/mol. The van der Waals surface area contributed by atoms with Crippen LogP contribution in [-0.2, 0) is 4.79 Å². The van der Waals surface area contributed by atoms with Crippen molar-refractivity contribution >= 4 is 5.91 Å². The molecule has 0 aromatic heterocycles. The molecular weight excluding hydrogens is 257 g/mol. The largest absolute Gasteiger partial charge is 0.390 e. The summed E-state index contributed by atoms with van der Waals surface area (Å²) in [5, 5.41) is 3.21. The highest BCUT2D eigenvalue weighted by Crippen LogP contribution is 2.31. The lowest BCUT2D eigenvalue weighted by Crippen LogP contribution is -2.39. The summed E-state index contributed by atoms with van der Waals surface area (Å²) >= 11 is 0. The first-order chi connectivity index (χ1) is 8.94. The average molecular weight is 278 g/mol. The Labute approximate surface area is 111 Å². The second-order valence-electron chi connectivity index (χ2n) is 5.65. The molecule has 1 saturated carbocycles. The van der Waals surface area contributed by atoms with Crippen LogP contribution in [0.25, 0.3) is 0 Å². The first kappa shape index (κ1) is 14.6. The van der Waals surface area contributed by atoms with E-state index in [1.165, 1.54) is 4.90 Å². The Hall–Kier alpha value is -0.780. The molecule has 1 N–H and O–H groups in total. The van der Waals surface area contributed by atoms with Gasteiger partial charge in [0.2, 0.25) is 5.91 Å². The van der Waals surface area contributed by atoms with Crippen molar-refractivity contribution in [2.24, 2.45) is 5.92 Å². The number of hydrogen-bond acceptors (Lipinski definition) is 2. The second kappa shape index (κ2) is 6.11. The summed E-state index contributed by atoms with van der Waals surface area (Å²) < 4.78 is 36.9. The van der Waals surface area contributed by atoms with Gasteiger partial charge in [0.25, 0.3) is 0 Å². The predicted octanol–water partition coefficient (Wildman–Crippen LogP) is 2.32. The van der Waals surface area contributed by atoms with Crippen LogP contribution >= 0.6 is 0 Å². The molecule has 2 fully saturated rings. The molecule has 19 heavy (non-hydrogen) atoms. The molecule has 1 heterocycles. The number of carbonyl (C=O) groups excluding carboxylic acids is 1. The van der Waals surface area contributed by atoms with E-state index in [1.807, 2.05) is 0 Å². The third-order valence-electron chi connectivity index (χ3n) is 3.78. The van der Waals surface area contributed by atoms with E-state index < -0.39 is 12.6 Å². The van der Waals surface area contributed by atoms with Crippen molar-refractivity contribution in [3.63, 3.8) is 0 Å². The standard InChI is InChI=1S/C13H21F3N2O/c14-13(15,16)5-7-18(9-10-3-4-10)12(19)8-11-2-1-6-17-11/h10-11,17H,1-9H2. The lowest BCUT2D eigenvalue weighted by molar-refractivity contribution is -0.145. The van der Waals surface area contributed by atoms with Crippen LogP contribution in [0.4, 0.5) is 13.2 Å². The molecule has 1 aliphatic heterocycles. The SMILES string of the molecule is O=C(CC1CCCN1)N(CCC(F)(F)F)CC1CC1. The van der Waals surface area contributed by atoms with E-state index in [-0.39, 0.29) is 18.5 Å². The molecule has 1 unspecified atom stereocenters. The third kappa shape index (κ3) is 5.38. The number of carbonyl (C=O) groups is 1. The summed E-state index contributed by atoms with van der Waals surface area (Å²) in [6.07, 6.45) is -0.678. The normalized spacial score (nSPS) is 23.6. The van der Waals surface area contributed by atoms with Crippen LogP contribution < -0.4 is 5.32 Å². The van der Waals surface area contributed by atoms with Gasteiger partial charge in [0.1, 0.15) is 0 Å². The molecule has 1 saturated heterocycles. The molecular formula is C13H21F3N2O. The molecule has 0 radical (unpaired) electrons. The second-order valence-corrected chi connectivity index (χ2v) is 5.65. The lowest BCUT2D eigenvalue weighted by Gasteiger charge is -2.24. The quantitative estimate of drug-likeness (QED) is 0.808. The van der Waals surface area contributed by atoms with Crippen LogP contribution in [0.15, 0.2) is 0 Å². The van der Waals surface area contributed by atoms with Gasteiger partial charge in [-0.25, -0.2) is 0 Å². The summed E-state index contributed by atoms with van der Waals surface area (Å²) in [7, 11) is 0. The number of nitrogens with one attached hydrogen (secondary N) is 1. The van der Waals surface area contributed by atoms with Gasteiger partial charge in [0.15, 0.2) is 0 Å².